The standard InChI is InChI=1S/C20H22N2O6S/c21-29(25,26)17-8-6-15(7-9-17)20-19(14-4-2-1-3-5-14)22-18(28-20)10-11-27-16(12-23)13-24/h1-9,16,23-24H,10-13H2,(H2,21,25,26). The Morgan fingerprint density at radius 1 is 1.00 bits per heavy atom. The second-order valence-electron chi connectivity index (χ2n) is 6.33. The Hall–Kier alpha value is -2.56. The van der Waals surface area contributed by atoms with Crippen molar-refractivity contribution in [3.8, 4) is 22.6 Å². The summed E-state index contributed by atoms with van der Waals surface area (Å²) in [5, 5.41) is 23.3. The van der Waals surface area contributed by atoms with Crippen molar-refractivity contribution < 1.29 is 27.8 Å². The van der Waals surface area contributed by atoms with Gasteiger partial charge in [0.1, 0.15) is 11.8 Å². The van der Waals surface area contributed by atoms with E-state index >= 15 is 0 Å². The smallest absolute Gasteiger partial charge is 0.238 e. The van der Waals surface area contributed by atoms with Gasteiger partial charge in [0.15, 0.2) is 11.7 Å². The monoisotopic (exact) mass is 418 g/mol. The van der Waals surface area contributed by atoms with Crippen LogP contribution in [0.5, 0.6) is 0 Å². The van der Waals surface area contributed by atoms with Crippen LogP contribution in [0.25, 0.3) is 22.6 Å². The molecule has 0 spiro atoms. The molecular weight excluding hydrogens is 396 g/mol. The van der Waals surface area contributed by atoms with Crippen LogP contribution in [0.3, 0.4) is 0 Å². The van der Waals surface area contributed by atoms with Crippen LogP contribution in [0.15, 0.2) is 63.9 Å². The van der Waals surface area contributed by atoms with Crippen molar-refractivity contribution in [1.82, 2.24) is 4.98 Å². The number of oxazole rings is 1. The van der Waals surface area contributed by atoms with Gasteiger partial charge >= 0.3 is 0 Å². The number of aliphatic hydroxyl groups excluding tert-OH is 2. The largest absolute Gasteiger partial charge is 0.440 e. The lowest BCUT2D eigenvalue weighted by Gasteiger charge is -2.10. The molecule has 3 rings (SSSR count). The number of aromatic nitrogens is 1. The molecule has 0 aliphatic heterocycles. The molecule has 0 saturated heterocycles. The zero-order valence-electron chi connectivity index (χ0n) is 15.6. The summed E-state index contributed by atoms with van der Waals surface area (Å²) in [7, 11) is -3.79. The second kappa shape index (κ2) is 9.29. The third-order valence-corrected chi connectivity index (χ3v) is 5.17. The van der Waals surface area contributed by atoms with Gasteiger partial charge < -0.3 is 19.4 Å². The topological polar surface area (TPSA) is 136 Å². The third-order valence-electron chi connectivity index (χ3n) is 4.24. The summed E-state index contributed by atoms with van der Waals surface area (Å²) < 4.78 is 34.3. The summed E-state index contributed by atoms with van der Waals surface area (Å²) in [6.07, 6.45) is -0.310. The lowest BCUT2D eigenvalue weighted by Crippen LogP contribution is -2.23. The second-order valence-corrected chi connectivity index (χ2v) is 7.89. The Balaban J connectivity index is 1.91. The predicted molar refractivity (Wildman–Crippen MR) is 106 cm³/mol. The molecule has 4 N–H and O–H groups in total. The highest BCUT2D eigenvalue weighted by molar-refractivity contribution is 7.89. The maximum Gasteiger partial charge on any atom is 0.238 e. The number of nitrogens with two attached hydrogens (primary N) is 1. The summed E-state index contributed by atoms with van der Waals surface area (Å²) in [5.74, 6) is 0.914. The Kier molecular flexibility index (Phi) is 6.78. The van der Waals surface area contributed by atoms with Crippen LogP contribution in [0.2, 0.25) is 0 Å². The van der Waals surface area contributed by atoms with Gasteiger partial charge in [0.05, 0.1) is 24.7 Å². The highest BCUT2D eigenvalue weighted by Crippen LogP contribution is 2.33. The van der Waals surface area contributed by atoms with Gasteiger partial charge in [-0.25, -0.2) is 18.5 Å². The number of hydrogen-bond acceptors (Lipinski definition) is 7. The van der Waals surface area contributed by atoms with Crippen LogP contribution in [0, 0.1) is 0 Å². The van der Waals surface area contributed by atoms with Gasteiger partial charge in [-0.15, -0.1) is 0 Å². The van der Waals surface area contributed by atoms with Crippen molar-refractivity contribution in [3.63, 3.8) is 0 Å². The fourth-order valence-corrected chi connectivity index (χ4v) is 3.25. The Bertz CT molecular complexity index is 1030. The number of ether oxygens (including phenoxy) is 1. The normalized spacial score (nSPS) is 11.9. The molecule has 0 radical (unpaired) electrons. The fourth-order valence-electron chi connectivity index (χ4n) is 2.73. The highest BCUT2D eigenvalue weighted by Gasteiger charge is 2.18. The molecule has 0 fully saturated rings. The molecule has 154 valence electrons. The van der Waals surface area contributed by atoms with Crippen LogP contribution in [-0.4, -0.2) is 49.5 Å². The van der Waals surface area contributed by atoms with Gasteiger partial charge in [-0.2, -0.15) is 0 Å². The van der Waals surface area contributed by atoms with Gasteiger partial charge in [0.25, 0.3) is 0 Å². The first kappa shape index (κ1) is 21.2. The minimum Gasteiger partial charge on any atom is -0.440 e. The lowest BCUT2D eigenvalue weighted by atomic mass is 10.1. The summed E-state index contributed by atoms with van der Waals surface area (Å²) in [5.41, 5.74) is 2.11. The Morgan fingerprint density at radius 2 is 1.66 bits per heavy atom. The molecule has 0 amide bonds. The summed E-state index contributed by atoms with van der Waals surface area (Å²) in [6, 6.07) is 15.5. The summed E-state index contributed by atoms with van der Waals surface area (Å²) in [4.78, 5) is 4.57. The summed E-state index contributed by atoms with van der Waals surface area (Å²) >= 11 is 0. The SMILES string of the molecule is NS(=O)(=O)c1ccc(-c2oc(CCOC(CO)CO)nc2-c2ccccc2)cc1. The van der Waals surface area contributed by atoms with Crippen LogP contribution in [0.4, 0.5) is 0 Å². The first-order valence-corrected chi connectivity index (χ1v) is 10.5. The van der Waals surface area contributed by atoms with Crippen molar-refractivity contribution in [3.05, 3.63) is 60.5 Å². The number of benzene rings is 2. The van der Waals surface area contributed by atoms with E-state index in [9.17, 15) is 8.42 Å². The molecule has 1 heterocycles. The van der Waals surface area contributed by atoms with Gasteiger partial charge in [0.2, 0.25) is 10.0 Å². The van der Waals surface area contributed by atoms with Crippen molar-refractivity contribution in [1.29, 1.82) is 0 Å². The molecule has 0 bridgehead atoms. The molecule has 0 unspecified atom stereocenters. The van der Waals surface area contributed by atoms with Gasteiger partial charge in [-0.3, -0.25) is 0 Å². The van der Waals surface area contributed by atoms with E-state index in [2.05, 4.69) is 4.98 Å². The molecule has 0 aliphatic rings. The average Bonchev–Trinajstić information content (AvgIpc) is 3.15. The van der Waals surface area contributed by atoms with Gasteiger partial charge in [-0.1, -0.05) is 30.3 Å². The van der Waals surface area contributed by atoms with Crippen LogP contribution in [0.1, 0.15) is 5.89 Å². The number of aliphatic hydroxyl groups is 2. The molecule has 3 aromatic rings. The quantitative estimate of drug-likeness (QED) is 0.480. The molecule has 1 aromatic heterocycles. The molecular formula is C20H22N2O6S. The molecule has 29 heavy (non-hydrogen) atoms. The minimum absolute atomic E-state index is 0.00898. The number of primary sulfonamides is 1. The van der Waals surface area contributed by atoms with Crippen molar-refractivity contribution in [2.75, 3.05) is 19.8 Å². The van der Waals surface area contributed by atoms with Crippen molar-refractivity contribution in [2.24, 2.45) is 5.14 Å². The maximum atomic E-state index is 11.5. The minimum atomic E-state index is -3.79. The van der Waals surface area contributed by atoms with E-state index in [1.165, 1.54) is 12.1 Å². The first-order chi connectivity index (χ1) is 13.9. The van der Waals surface area contributed by atoms with E-state index in [1.54, 1.807) is 12.1 Å². The van der Waals surface area contributed by atoms with Gasteiger partial charge in [-0.05, 0) is 24.3 Å². The van der Waals surface area contributed by atoms with E-state index in [4.69, 9.17) is 24.5 Å². The predicted octanol–water partition coefficient (Wildman–Crippen LogP) is 1.57. The van der Waals surface area contributed by atoms with Crippen LogP contribution < -0.4 is 5.14 Å². The molecule has 8 nitrogen and oxygen atoms in total. The Morgan fingerprint density at radius 3 is 2.24 bits per heavy atom. The third kappa shape index (κ3) is 5.28. The number of rotatable bonds is 9. The highest BCUT2D eigenvalue weighted by atomic mass is 32.2. The number of sulfonamides is 1. The zero-order valence-corrected chi connectivity index (χ0v) is 16.4. The molecule has 0 aliphatic carbocycles. The van der Waals surface area contributed by atoms with E-state index in [0.717, 1.165) is 5.56 Å². The zero-order chi connectivity index (χ0) is 20.9. The summed E-state index contributed by atoms with van der Waals surface area (Å²) in [6.45, 7) is -0.345. The van der Waals surface area contributed by atoms with Crippen molar-refractivity contribution >= 4 is 10.0 Å². The molecule has 0 saturated carbocycles. The molecule has 2 aromatic carbocycles. The fraction of sp³-hybridized carbons (Fsp3) is 0.250. The van der Waals surface area contributed by atoms with Gasteiger partial charge in [0, 0.05) is 17.5 Å². The van der Waals surface area contributed by atoms with E-state index < -0.39 is 16.1 Å². The van der Waals surface area contributed by atoms with Crippen molar-refractivity contribution in [2.45, 2.75) is 17.4 Å². The van der Waals surface area contributed by atoms with Crippen LogP contribution >= 0.6 is 0 Å². The maximum absolute atomic E-state index is 11.5. The first-order valence-electron chi connectivity index (χ1n) is 8.94. The molecule has 9 heteroatoms. The van der Waals surface area contributed by atoms with Crippen LogP contribution in [-0.2, 0) is 21.2 Å². The number of hydrogen-bond donors (Lipinski definition) is 3. The average molecular weight is 418 g/mol. The number of nitrogens with zero attached hydrogens (tertiary/aromatic N) is 1. The van der Waals surface area contributed by atoms with E-state index in [1.807, 2.05) is 30.3 Å². The Labute approximate surface area is 168 Å². The van der Waals surface area contributed by atoms with E-state index in [-0.39, 0.29) is 24.7 Å². The molecule has 0 atom stereocenters. The van der Waals surface area contributed by atoms with E-state index in [0.29, 0.717) is 29.3 Å². The lowest BCUT2D eigenvalue weighted by molar-refractivity contribution is -0.0195.